The minimum absolute atomic E-state index is 0.686. The van der Waals surface area contributed by atoms with E-state index in [-0.39, 0.29) is 0 Å². The maximum Gasteiger partial charge on any atom is 0.124 e. The fraction of sp³-hybridized carbons (Fsp3) is 0.0714. The van der Waals surface area contributed by atoms with Crippen LogP contribution in [0.1, 0.15) is 11.1 Å². The summed E-state index contributed by atoms with van der Waals surface area (Å²) in [6.45, 7) is 7.16. The van der Waals surface area contributed by atoms with Crippen LogP contribution in [0.3, 0.4) is 0 Å². The van der Waals surface area contributed by atoms with Gasteiger partial charge in [0.05, 0.1) is 41.6 Å². The van der Waals surface area contributed by atoms with Gasteiger partial charge in [-0.25, -0.2) is 4.98 Å². The van der Waals surface area contributed by atoms with Crippen molar-refractivity contribution in [3.05, 3.63) is 120 Å². The average molecular weight is 698 g/mol. The lowest BCUT2D eigenvalue weighted by Gasteiger charge is -2.15. The third-order valence-electron chi connectivity index (χ3n) is 9.31. The lowest BCUT2D eigenvalue weighted by Crippen LogP contribution is -2.37. The van der Waals surface area contributed by atoms with Gasteiger partial charge in [-0.05, 0) is 89.0 Å². The number of aromatic nitrogens is 1. The maximum atomic E-state index is 9.46. The maximum absolute atomic E-state index is 9.46. The van der Waals surface area contributed by atoms with Gasteiger partial charge in [0.2, 0.25) is 0 Å². The molecule has 0 saturated heterocycles. The second-order valence-electron chi connectivity index (χ2n) is 13.5. The summed E-state index contributed by atoms with van der Waals surface area (Å²) in [6, 6.07) is 43.6. The van der Waals surface area contributed by atoms with E-state index in [0.717, 1.165) is 47.7 Å². The Kier molecular flexibility index (Phi) is 6.85. The molecule has 0 aliphatic rings. The second kappa shape index (κ2) is 11.2. The van der Waals surface area contributed by atoms with E-state index in [1.807, 2.05) is 24.3 Å². The topological polar surface area (TPSA) is 60.5 Å². The molecule has 0 aliphatic heterocycles. The first-order valence-electron chi connectivity index (χ1n) is 16.0. The lowest BCUT2D eigenvalue weighted by molar-refractivity contribution is 1.47. The minimum atomic E-state index is -1.46. The molecule has 3 aromatic heterocycles. The number of benzene rings is 6. The normalized spacial score (nSPS) is 11.9. The molecule has 0 spiro atoms. The molecular formula is C42H27N3S3Si. The number of nitrogens with zero attached hydrogens (tertiary/aromatic N) is 3. The monoisotopic (exact) mass is 697 g/mol. The molecule has 3 nitrogen and oxygen atoms in total. The van der Waals surface area contributed by atoms with Gasteiger partial charge in [-0.15, -0.1) is 34.0 Å². The van der Waals surface area contributed by atoms with E-state index in [9.17, 15) is 10.5 Å². The average Bonchev–Trinajstić information content (AvgIpc) is 3.82. The van der Waals surface area contributed by atoms with Crippen molar-refractivity contribution in [1.29, 1.82) is 10.5 Å². The summed E-state index contributed by atoms with van der Waals surface area (Å²) in [4.78, 5) is 5.15. The number of hydrogen-bond donors (Lipinski definition) is 0. The molecule has 0 unspecified atom stereocenters. The second-order valence-corrected chi connectivity index (χ2v) is 21.8. The van der Waals surface area contributed by atoms with Crippen LogP contribution in [-0.4, -0.2) is 13.1 Å². The number of thiophene rings is 2. The van der Waals surface area contributed by atoms with Crippen molar-refractivity contribution in [3.63, 3.8) is 0 Å². The van der Waals surface area contributed by atoms with E-state index in [2.05, 4.69) is 117 Å². The van der Waals surface area contributed by atoms with Crippen LogP contribution in [0, 0.1) is 22.7 Å². The van der Waals surface area contributed by atoms with Gasteiger partial charge in [0, 0.05) is 45.9 Å². The van der Waals surface area contributed by atoms with E-state index in [1.165, 1.54) is 40.8 Å². The summed E-state index contributed by atoms with van der Waals surface area (Å²) in [7, 11) is -1.46. The van der Waals surface area contributed by atoms with E-state index < -0.39 is 8.07 Å². The lowest BCUT2D eigenvalue weighted by atomic mass is 9.95. The highest BCUT2D eigenvalue weighted by molar-refractivity contribution is 7.26. The first kappa shape index (κ1) is 29.9. The van der Waals surface area contributed by atoms with Crippen LogP contribution < -0.4 is 5.19 Å². The number of fused-ring (bicyclic) bond motifs is 7. The molecule has 0 aliphatic carbocycles. The van der Waals surface area contributed by atoms with E-state index in [1.54, 1.807) is 34.0 Å². The molecule has 6 aromatic carbocycles. The fourth-order valence-corrected chi connectivity index (χ4v) is 11.3. The Bertz CT molecular complexity index is 2760. The Hall–Kier alpha value is -5.15. The smallest absolute Gasteiger partial charge is 0.124 e. The number of thiazole rings is 1. The van der Waals surface area contributed by atoms with Crippen LogP contribution in [0.4, 0.5) is 0 Å². The molecular weight excluding hydrogens is 671 g/mol. The minimum Gasteiger partial charge on any atom is -0.236 e. The van der Waals surface area contributed by atoms with E-state index in [4.69, 9.17) is 4.98 Å². The first-order chi connectivity index (χ1) is 23.7. The van der Waals surface area contributed by atoms with Crippen LogP contribution in [0.25, 0.3) is 83.4 Å². The highest BCUT2D eigenvalue weighted by Gasteiger charge is 2.19. The van der Waals surface area contributed by atoms with Crippen molar-refractivity contribution in [1.82, 2.24) is 4.98 Å². The van der Waals surface area contributed by atoms with E-state index in [0.29, 0.717) is 11.1 Å². The Balaban J connectivity index is 1.23. The number of nitriles is 2. The standard InChI is InChI=1S/C42H27N3S3Si/c1-49(2,3)31-8-13-36-41(21-31)48-42(45-36)30-17-28(26-6-11-34-32-9-4-24(22-43)14-37(32)46-39(34)19-26)16-29(18-30)27-7-12-35-33-10-5-25(23-44)15-38(33)47-40(35)20-27/h4-21H,1-3H3. The van der Waals surface area contributed by atoms with Gasteiger partial charge in [-0.3, -0.25) is 0 Å². The van der Waals surface area contributed by atoms with Gasteiger partial charge < -0.3 is 0 Å². The Labute approximate surface area is 296 Å². The van der Waals surface area contributed by atoms with Crippen molar-refractivity contribution in [2.45, 2.75) is 19.6 Å². The highest BCUT2D eigenvalue weighted by atomic mass is 32.1. The third-order valence-corrected chi connectivity index (χ3v) is 14.6. The number of rotatable bonds is 4. The molecule has 9 rings (SSSR count). The predicted octanol–water partition coefficient (Wildman–Crippen LogP) is 12.3. The summed E-state index contributed by atoms with van der Waals surface area (Å²) in [5.74, 6) is 0. The summed E-state index contributed by atoms with van der Waals surface area (Å²) >= 11 is 5.24. The zero-order valence-corrected chi connectivity index (χ0v) is 30.4. The molecule has 49 heavy (non-hydrogen) atoms. The fourth-order valence-electron chi connectivity index (χ4n) is 6.65. The van der Waals surface area contributed by atoms with Crippen molar-refractivity contribution in [2.75, 3.05) is 0 Å². The van der Waals surface area contributed by atoms with Crippen molar-refractivity contribution in [2.24, 2.45) is 0 Å². The Morgan fingerprint density at radius 1 is 0.469 bits per heavy atom. The predicted molar refractivity (Wildman–Crippen MR) is 214 cm³/mol. The van der Waals surface area contributed by atoms with Crippen molar-refractivity contribution >= 4 is 97.8 Å². The largest absolute Gasteiger partial charge is 0.236 e. The first-order valence-corrected chi connectivity index (χ1v) is 22.0. The molecule has 7 heteroatoms. The molecule has 0 radical (unpaired) electrons. The van der Waals surface area contributed by atoms with E-state index >= 15 is 0 Å². The van der Waals surface area contributed by atoms with Gasteiger partial charge in [-0.2, -0.15) is 10.5 Å². The summed E-state index contributed by atoms with van der Waals surface area (Å²) < 4.78 is 5.90. The molecule has 9 aromatic rings. The number of hydrogen-bond acceptors (Lipinski definition) is 6. The van der Waals surface area contributed by atoms with Crippen LogP contribution in [0.15, 0.2) is 109 Å². The van der Waals surface area contributed by atoms with Crippen LogP contribution in [0.5, 0.6) is 0 Å². The van der Waals surface area contributed by atoms with Gasteiger partial charge in [0.25, 0.3) is 0 Å². The Morgan fingerprint density at radius 2 is 0.959 bits per heavy atom. The Morgan fingerprint density at radius 3 is 1.47 bits per heavy atom. The molecule has 3 heterocycles. The molecule has 0 amide bonds. The molecule has 0 N–H and O–H groups in total. The van der Waals surface area contributed by atoms with Crippen molar-refractivity contribution in [3.8, 4) is 45.0 Å². The van der Waals surface area contributed by atoms with Gasteiger partial charge in [0.1, 0.15) is 5.01 Å². The SMILES string of the molecule is C[Si](C)(C)c1ccc2nc(-c3cc(-c4ccc5c(c4)sc4cc(C#N)ccc45)cc(-c4ccc5c(c4)sc4cc(C#N)ccc45)c3)sc2c1. The summed E-state index contributed by atoms with van der Waals surface area (Å²) in [6.07, 6.45) is 0. The van der Waals surface area contributed by atoms with Crippen LogP contribution >= 0.6 is 34.0 Å². The third kappa shape index (κ3) is 5.15. The van der Waals surface area contributed by atoms with Gasteiger partial charge >= 0.3 is 0 Å². The van der Waals surface area contributed by atoms with Crippen LogP contribution in [0.2, 0.25) is 19.6 Å². The van der Waals surface area contributed by atoms with Crippen LogP contribution in [-0.2, 0) is 0 Å². The molecule has 0 bridgehead atoms. The molecule has 0 fully saturated rings. The summed E-state index contributed by atoms with van der Waals surface area (Å²) in [5, 5.41) is 26.2. The highest BCUT2D eigenvalue weighted by Crippen LogP contribution is 2.42. The van der Waals surface area contributed by atoms with Gasteiger partial charge in [-0.1, -0.05) is 67.3 Å². The molecule has 0 atom stereocenters. The summed E-state index contributed by atoms with van der Waals surface area (Å²) in [5.41, 5.74) is 8.10. The zero-order valence-electron chi connectivity index (χ0n) is 27.0. The molecule has 232 valence electrons. The van der Waals surface area contributed by atoms with Crippen molar-refractivity contribution < 1.29 is 0 Å². The molecule has 0 saturated carbocycles. The zero-order chi connectivity index (χ0) is 33.4. The quantitative estimate of drug-likeness (QED) is 0.172. The van der Waals surface area contributed by atoms with Gasteiger partial charge in [0.15, 0.2) is 0 Å².